The van der Waals surface area contributed by atoms with E-state index in [1.165, 1.54) is 30.7 Å². The second kappa shape index (κ2) is 7.81. The standard InChI is InChI=1S/C21H18F4N4O/c22-16-4-6-17(7-5-16)29-14-26-13-19(29)20(30)28-10-8-27(9-11-28)18-3-1-2-15(12-18)21(23,24)25/h1-7,12-14H,8-11H2. The molecule has 1 amide bonds. The molecule has 1 aromatic heterocycles. The van der Waals surface area contributed by atoms with Gasteiger partial charge in [0.05, 0.1) is 18.1 Å². The topological polar surface area (TPSA) is 41.4 Å². The molecule has 1 fully saturated rings. The largest absolute Gasteiger partial charge is 0.416 e. The normalized spacial score (nSPS) is 14.8. The van der Waals surface area contributed by atoms with Gasteiger partial charge in [-0.05, 0) is 42.5 Å². The summed E-state index contributed by atoms with van der Waals surface area (Å²) in [6, 6.07) is 10.9. The van der Waals surface area contributed by atoms with Gasteiger partial charge < -0.3 is 9.80 Å². The van der Waals surface area contributed by atoms with Crippen LogP contribution in [0.3, 0.4) is 0 Å². The zero-order chi connectivity index (χ0) is 21.3. The molecule has 2 heterocycles. The smallest absolute Gasteiger partial charge is 0.368 e. The van der Waals surface area contributed by atoms with Gasteiger partial charge in [-0.1, -0.05) is 6.07 Å². The van der Waals surface area contributed by atoms with Crippen LogP contribution in [0.5, 0.6) is 0 Å². The number of halogens is 4. The molecule has 1 aliphatic heterocycles. The number of nitrogens with zero attached hydrogens (tertiary/aromatic N) is 4. The Morgan fingerprint density at radius 3 is 2.30 bits per heavy atom. The summed E-state index contributed by atoms with van der Waals surface area (Å²) < 4.78 is 53.6. The third-order valence-electron chi connectivity index (χ3n) is 5.07. The molecule has 0 aliphatic carbocycles. The maximum Gasteiger partial charge on any atom is 0.416 e. The third-order valence-corrected chi connectivity index (χ3v) is 5.07. The van der Waals surface area contributed by atoms with E-state index in [-0.39, 0.29) is 11.7 Å². The number of piperazine rings is 1. The van der Waals surface area contributed by atoms with Crippen LogP contribution in [0.1, 0.15) is 16.1 Å². The van der Waals surface area contributed by atoms with Crippen molar-refractivity contribution in [3.63, 3.8) is 0 Å². The van der Waals surface area contributed by atoms with E-state index >= 15 is 0 Å². The number of amides is 1. The monoisotopic (exact) mass is 418 g/mol. The zero-order valence-corrected chi connectivity index (χ0v) is 15.8. The van der Waals surface area contributed by atoms with Crippen LogP contribution in [0, 0.1) is 5.82 Å². The first-order valence-electron chi connectivity index (χ1n) is 9.33. The first-order valence-corrected chi connectivity index (χ1v) is 9.33. The van der Waals surface area contributed by atoms with Gasteiger partial charge in [0, 0.05) is 37.6 Å². The molecule has 0 radical (unpaired) electrons. The molecule has 30 heavy (non-hydrogen) atoms. The van der Waals surface area contributed by atoms with Crippen LogP contribution in [0.15, 0.2) is 61.1 Å². The van der Waals surface area contributed by atoms with Crippen LogP contribution in [0.25, 0.3) is 5.69 Å². The fraction of sp³-hybridized carbons (Fsp3) is 0.238. The van der Waals surface area contributed by atoms with Crippen molar-refractivity contribution in [2.45, 2.75) is 6.18 Å². The number of imidazole rings is 1. The molecule has 4 rings (SSSR count). The van der Waals surface area contributed by atoms with E-state index in [0.29, 0.717) is 43.2 Å². The van der Waals surface area contributed by atoms with E-state index in [2.05, 4.69) is 4.98 Å². The summed E-state index contributed by atoms with van der Waals surface area (Å²) in [5.74, 6) is -0.613. The summed E-state index contributed by atoms with van der Waals surface area (Å²) in [6.45, 7) is 1.56. The van der Waals surface area contributed by atoms with Crippen molar-refractivity contribution >= 4 is 11.6 Å². The van der Waals surface area contributed by atoms with Gasteiger partial charge in [0.15, 0.2) is 0 Å². The van der Waals surface area contributed by atoms with Gasteiger partial charge in [-0.3, -0.25) is 9.36 Å². The number of hydrogen-bond acceptors (Lipinski definition) is 3. The molecule has 2 aromatic carbocycles. The van der Waals surface area contributed by atoms with Crippen LogP contribution in [0.2, 0.25) is 0 Å². The van der Waals surface area contributed by atoms with E-state index < -0.39 is 11.7 Å². The van der Waals surface area contributed by atoms with E-state index in [9.17, 15) is 22.4 Å². The molecular weight excluding hydrogens is 400 g/mol. The summed E-state index contributed by atoms with van der Waals surface area (Å²) in [5.41, 5.74) is 0.740. The molecule has 156 valence electrons. The summed E-state index contributed by atoms with van der Waals surface area (Å²) in [4.78, 5) is 20.5. The lowest BCUT2D eigenvalue weighted by molar-refractivity contribution is -0.137. The van der Waals surface area contributed by atoms with Crippen molar-refractivity contribution < 1.29 is 22.4 Å². The number of aromatic nitrogens is 2. The molecule has 0 saturated carbocycles. The Morgan fingerprint density at radius 2 is 1.63 bits per heavy atom. The maximum absolute atomic E-state index is 13.2. The molecule has 0 bridgehead atoms. The average molecular weight is 418 g/mol. The summed E-state index contributed by atoms with van der Waals surface area (Å²) in [5, 5.41) is 0. The molecule has 5 nitrogen and oxygen atoms in total. The summed E-state index contributed by atoms with van der Waals surface area (Å²) in [6.07, 6.45) is -1.46. The zero-order valence-electron chi connectivity index (χ0n) is 15.8. The second-order valence-corrected chi connectivity index (χ2v) is 6.95. The van der Waals surface area contributed by atoms with E-state index in [0.717, 1.165) is 12.1 Å². The Hall–Kier alpha value is -3.36. The minimum absolute atomic E-state index is 0.236. The highest BCUT2D eigenvalue weighted by Gasteiger charge is 2.31. The lowest BCUT2D eigenvalue weighted by Gasteiger charge is -2.36. The highest BCUT2D eigenvalue weighted by Crippen LogP contribution is 2.32. The van der Waals surface area contributed by atoms with Gasteiger partial charge in [-0.2, -0.15) is 13.2 Å². The quantitative estimate of drug-likeness (QED) is 0.604. The molecule has 0 N–H and O–H groups in total. The van der Waals surface area contributed by atoms with Gasteiger partial charge in [0.1, 0.15) is 11.5 Å². The maximum atomic E-state index is 13.2. The lowest BCUT2D eigenvalue weighted by atomic mass is 10.1. The number of alkyl halides is 3. The highest BCUT2D eigenvalue weighted by atomic mass is 19.4. The lowest BCUT2D eigenvalue weighted by Crippen LogP contribution is -2.49. The Morgan fingerprint density at radius 1 is 0.933 bits per heavy atom. The highest BCUT2D eigenvalue weighted by molar-refractivity contribution is 5.93. The third kappa shape index (κ3) is 4.00. The predicted molar refractivity (Wildman–Crippen MR) is 103 cm³/mol. The molecule has 9 heteroatoms. The minimum atomic E-state index is -4.40. The summed E-state index contributed by atoms with van der Waals surface area (Å²) >= 11 is 0. The predicted octanol–water partition coefficient (Wildman–Crippen LogP) is 3.99. The minimum Gasteiger partial charge on any atom is -0.368 e. The molecule has 0 unspecified atom stereocenters. The van der Waals surface area contributed by atoms with E-state index in [4.69, 9.17) is 0 Å². The molecule has 3 aromatic rings. The Labute approximate surface area is 170 Å². The first-order chi connectivity index (χ1) is 14.3. The summed E-state index contributed by atoms with van der Waals surface area (Å²) in [7, 11) is 0. The fourth-order valence-electron chi connectivity index (χ4n) is 3.47. The SMILES string of the molecule is O=C(c1cncn1-c1ccc(F)cc1)N1CCN(c2cccc(C(F)(F)F)c2)CC1. The molecule has 1 saturated heterocycles. The van der Waals surface area contributed by atoms with Crippen molar-refractivity contribution in [2.24, 2.45) is 0 Å². The van der Waals surface area contributed by atoms with Gasteiger partial charge in [-0.25, -0.2) is 9.37 Å². The molecule has 1 aliphatic rings. The molecular formula is C21H18F4N4O. The second-order valence-electron chi connectivity index (χ2n) is 6.95. The van der Waals surface area contributed by atoms with Crippen LogP contribution >= 0.6 is 0 Å². The number of carbonyl (C=O) groups is 1. The number of carbonyl (C=O) groups excluding carboxylic acids is 1. The van der Waals surface area contributed by atoms with Gasteiger partial charge >= 0.3 is 6.18 Å². The van der Waals surface area contributed by atoms with Crippen molar-refractivity contribution in [3.8, 4) is 5.69 Å². The van der Waals surface area contributed by atoms with Gasteiger partial charge in [0.2, 0.25) is 0 Å². The van der Waals surface area contributed by atoms with Gasteiger partial charge in [0.25, 0.3) is 5.91 Å². The Balaban J connectivity index is 1.46. The van der Waals surface area contributed by atoms with E-state index in [1.54, 1.807) is 27.7 Å². The van der Waals surface area contributed by atoms with Crippen molar-refractivity contribution in [3.05, 3.63) is 78.1 Å². The van der Waals surface area contributed by atoms with Crippen molar-refractivity contribution in [1.29, 1.82) is 0 Å². The first kappa shape index (κ1) is 19.9. The molecule has 0 spiro atoms. The Kier molecular flexibility index (Phi) is 5.19. The van der Waals surface area contributed by atoms with Crippen LogP contribution in [0.4, 0.5) is 23.2 Å². The van der Waals surface area contributed by atoms with Crippen LogP contribution in [-0.2, 0) is 6.18 Å². The number of rotatable bonds is 3. The number of benzene rings is 2. The fourth-order valence-corrected chi connectivity index (χ4v) is 3.47. The van der Waals surface area contributed by atoms with Crippen molar-refractivity contribution in [1.82, 2.24) is 14.5 Å². The van der Waals surface area contributed by atoms with Crippen molar-refractivity contribution in [2.75, 3.05) is 31.1 Å². The van der Waals surface area contributed by atoms with Crippen LogP contribution in [-0.4, -0.2) is 46.5 Å². The number of hydrogen-bond donors (Lipinski definition) is 0. The van der Waals surface area contributed by atoms with Gasteiger partial charge in [-0.15, -0.1) is 0 Å². The van der Waals surface area contributed by atoms with E-state index in [1.807, 2.05) is 4.90 Å². The number of anilines is 1. The average Bonchev–Trinajstić information content (AvgIpc) is 3.23. The van der Waals surface area contributed by atoms with Crippen LogP contribution < -0.4 is 4.90 Å². The molecule has 0 atom stereocenters. The Bertz CT molecular complexity index is 1040.